The molecular formula is C52H34N2O. The largest absolute Gasteiger partial charge is 0.460 e. The summed E-state index contributed by atoms with van der Waals surface area (Å²) in [5.74, 6) is 1.91. The summed E-state index contributed by atoms with van der Waals surface area (Å²) < 4.78 is 11.7. The topological polar surface area (TPSA) is 19.1 Å². The number of para-hydroxylation sites is 3. The molecule has 2 aliphatic rings. The molecule has 0 bridgehead atoms. The second-order valence-corrected chi connectivity index (χ2v) is 14.9. The van der Waals surface area contributed by atoms with Gasteiger partial charge in [0.2, 0.25) is 0 Å². The number of hydrogen-bond donors (Lipinski definition) is 0. The average molecular weight is 703 g/mol. The molecule has 55 heavy (non-hydrogen) atoms. The minimum absolute atomic E-state index is 0.492. The van der Waals surface area contributed by atoms with E-state index >= 15 is 0 Å². The number of ether oxygens (including phenoxy) is 1. The van der Waals surface area contributed by atoms with Gasteiger partial charge in [0.1, 0.15) is 11.5 Å². The van der Waals surface area contributed by atoms with Crippen molar-refractivity contribution in [3.63, 3.8) is 0 Å². The molecule has 3 nitrogen and oxygen atoms in total. The van der Waals surface area contributed by atoms with Crippen molar-refractivity contribution in [2.45, 2.75) is 11.8 Å². The van der Waals surface area contributed by atoms with Gasteiger partial charge < -0.3 is 13.9 Å². The fraction of sp³-hybridized carbons (Fsp3) is 0.0385. The van der Waals surface area contributed by atoms with Crippen LogP contribution in [0.15, 0.2) is 200 Å². The highest BCUT2D eigenvalue weighted by Crippen LogP contribution is 2.57. The van der Waals surface area contributed by atoms with E-state index in [9.17, 15) is 0 Å². The molecule has 10 aromatic rings. The quantitative estimate of drug-likeness (QED) is 0.179. The van der Waals surface area contributed by atoms with Crippen LogP contribution in [-0.4, -0.2) is 9.13 Å². The normalized spacial score (nSPS) is 16.2. The lowest BCUT2D eigenvalue weighted by molar-refractivity contribution is 0.390. The number of allylic oxidation sites excluding steroid dienone is 4. The number of nitrogens with zero attached hydrogens (tertiary/aromatic N) is 2. The molecule has 1 unspecified atom stereocenters. The van der Waals surface area contributed by atoms with Crippen LogP contribution in [0, 0.1) is 0 Å². The third kappa shape index (κ3) is 4.21. The first kappa shape index (κ1) is 30.4. The standard InChI is InChI=1S/C52H34N2O/c1-3-15-37(16-4-1)53-44-22-10-9-20-41(44)42-32-35(26-28-45(42)53)40-21-13-23-48-51(40)52(31-12-11-24-49(52)55-48)36-27-30-46-43(33-36)50-39-19-8-7-14-34(39)25-29-47(50)54(46)38-17-5-2-6-18-38/h1-30,32-33H,31H2. The molecule has 0 saturated heterocycles. The molecule has 1 atom stereocenters. The maximum Gasteiger partial charge on any atom is 0.132 e. The Morgan fingerprint density at radius 2 is 1.16 bits per heavy atom. The number of fused-ring (bicyclic) bond motifs is 11. The Labute approximate surface area is 318 Å². The Morgan fingerprint density at radius 3 is 2.00 bits per heavy atom. The van der Waals surface area contributed by atoms with Crippen molar-refractivity contribution in [3.8, 4) is 28.3 Å². The summed E-state index contributed by atoms with van der Waals surface area (Å²) in [4.78, 5) is 0. The summed E-state index contributed by atoms with van der Waals surface area (Å²) in [5.41, 5.74) is 11.5. The Bertz CT molecular complexity index is 3250. The highest BCUT2D eigenvalue weighted by Gasteiger charge is 2.48. The molecule has 0 radical (unpaired) electrons. The lowest BCUT2D eigenvalue weighted by Crippen LogP contribution is -2.29. The van der Waals surface area contributed by atoms with Gasteiger partial charge in [-0.1, -0.05) is 121 Å². The fourth-order valence-corrected chi connectivity index (χ4v) is 9.72. The van der Waals surface area contributed by atoms with Crippen LogP contribution in [0.4, 0.5) is 0 Å². The second-order valence-electron chi connectivity index (χ2n) is 14.9. The van der Waals surface area contributed by atoms with Gasteiger partial charge in [-0.3, -0.25) is 0 Å². The van der Waals surface area contributed by atoms with E-state index in [1.807, 2.05) is 0 Å². The molecule has 0 N–H and O–H groups in total. The van der Waals surface area contributed by atoms with E-state index in [1.54, 1.807) is 0 Å². The van der Waals surface area contributed by atoms with Crippen molar-refractivity contribution < 1.29 is 4.74 Å². The van der Waals surface area contributed by atoms with Crippen LogP contribution in [0.3, 0.4) is 0 Å². The van der Waals surface area contributed by atoms with Crippen molar-refractivity contribution in [2.75, 3.05) is 0 Å². The van der Waals surface area contributed by atoms with E-state index in [1.165, 1.54) is 76.6 Å². The molecule has 3 heterocycles. The molecule has 0 fully saturated rings. The second kappa shape index (κ2) is 11.4. The Morgan fingerprint density at radius 1 is 0.491 bits per heavy atom. The van der Waals surface area contributed by atoms with Gasteiger partial charge in [-0.15, -0.1) is 0 Å². The maximum atomic E-state index is 6.90. The minimum Gasteiger partial charge on any atom is -0.460 e. The van der Waals surface area contributed by atoms with Gasteiger partial charge in [-0.2, -0.15) is 0 Å². The van der Waals surface area contributed by atoms with E-state index in [-0.39, 0.29) is 0 Å². The lowest BCUT2D eigenvalue weighted by atomic mass is 9.68. The van der Waals surface area contributed by atoms with Gasteiger partial charge in [0.25, 0.3) is 0 Å². The molecular weight excluding hydrogens is 669 g/mol. The van der Waals surface area contributed by atoms with Crippen LogP contribution in [0.1, 0.15) is 17.5 Å². The third-order valence-electron chi connectivity index (χ3n) is 12.1. The zero-order chi connectivity index (χ0) is 36.1. The lowest BCUT2D eigenvalue weighted by Gasteiger charge is -2.32. The van der Waals surface area contributed by atoms with Gasteiger partial charge in [0, 0.05) is 38.5 Å². The van der Waals surface area contributed by atoms with Crippen LogP contribution in [0.5, 0.6) is 5.75 Å². The zero-order valence-electron chi connectivity index (χ0n) is 30.0. The van der Waals surface area contributed by atoms with Crippen molar-refractivity contribution >= 4 is 54.4 Å². The molecule has 258 valence electrons. The monoisotopic (exact) mass is 702 g/mol. The van der Waals surface area contributed by atoms with E-state index in [4.69, 9.17) is 4.74 Å². The van der Waals surface area contributed by atoms with Gasteiger partial charge in [0.05, 0.1) is 27.5 Å². The molecule has 0 amide bonds. The van der Waals surface area contributed by atoms with E-state index in [0.717, 1.165) is 29.3 Å². The van der Waals surface area contributed by atoms with Gasteiger partial charge >= 0.3 is 0 Å². The maximum absolute atomic E-state index is 6.90. The number of hydrogen-bond acceptors (Lipinski definition) is 1. The van der Waals surface area contributed by atoms with Crippen LogP contribution in [-0.2, 0) is 5.41 Å². The van der Waals surface area contributed by atoms with Crippen molar-refractivity contribution in [3.05, 3.63) is 211 Å². The van der Waals surface area contributed by atoms with E-state index in [0.29, 0.717) is 0 Å². The summed E-state index contributed by atoms with van der Waals surface area (Å²) in [6, 6.07) is 64.2. The summed E-state index contributed by atoms with van der Waals surface area (Å²) >= 11 is 0. The predicted molar refractivity (Wildman–Crippen MR) is 228 cm³/mol. The van der Waals surface area contributed by atoms with E-state index in [2.05, 4.69) is 203 Å². The van der Waals surface area contributed by atoms with Gasteiger partial charge in [-0.25, -0.2) is 0 Å². The van der Waals surface area contributed by atoms with Crippen LogP contribution < -0.4 is 4.74 Å². The summed E-state index contributed by atoms with van der Waals surface area (Å²) in [5, 5.41) is 7.52. The Balaban J connectivity index is 1.12. The van der Waals surface area contributed by atoms with Crippen LogP contribution in [0.25, 0.3) is 76.9 Å². The minimum atomic E-state index is -0.492. The van der Waals surface area contributed by atoms with Crippen LogP contribution >= 0.6 is 0 Å². The first-order valence-corrected chi connectivity index (χ1v) is 19.1. The third-order valence-corrected chi connectivity index (χ3v) is 12.1. The Hall–Kier alpha value is -7.10. The van der Waals surface area contributed by atoms with Crippen molar-refractivity contribution in [1.82, 2.24) is 9.13 Å². The smallest absolute Gasteiger partial charge is 0.132 e. The summed E-state index contributed by atoms with van der Waals surface area (Å²) in [6.45, 7) is 0. The number of rotatable bonds is 4. The molecule has 2 aromatic heterocycles. The predicted octanol–water partition coefficient (Wildman–Crippen LogP) is 13.2. The fourth-order valence-electron chi connectivity index (χ4n) is 9.72. The summed E-state index contributed by atoms with van der Waals surface area (Å²) in [6.07, 6.45) is 7.44. The average Bonchev–Trinajstić information content (AvgIpc) is 3.90. The number of aromatic nitrogens is 2. The molecule has 0 spiro atoms. The molecule has 8 aromatic carbocycles. The van der Waals surface area contributed by atoms with Crippen molar-refractivity contribution in [1.29, 1.82) is 0 Å². The first-order valence-electron chi connectivity index (χ1n) is 19.1. The van der Waals surface area contributed by atoms with Gasteiger partial charge in [0.15, 0.2) is 0 Å². The summed E-state index contributed by atoms with van der Waals surface area (Å²) in [7, 11) is 0. The number of benzene rings is 8. The molecule has 0 saturated carbocycles. The zero-order valence-corrected chi connectivity index (χ0v) is 30.0. The highest BCUT2D eigenvalue weighted by molar-refractivity contribution is 6.21. The Kier molecular flexibility index (Phi) is 6.32. The molecule has 1 aliphatic heterocycles. The van der Waals surface area contributed by atoms with Gasteiger partial charge in [-0.05, 0) is 107 Å². The molecule has 12 rings (SSSR count). The molecule has 3 heteroatoms. The first-order chi connectivity index (χ1) is 27.3. The van der Waals surface area contributed by atoms with Crippen LogP contribution in [0.2, 0.25) is 0 Å². The SMILES string of the molecule is C1=CCC2(c3ccc4c(c3)c3c5ccccc5ccc3n4-c3ccccc3)C(=C1)Oc1cccc(-c3ccc4c(c3)c3ccccc3n4-c3ccccc3)c12. The molecule has 1 aliphatic carbocycles. The van der Waals surface area contributed by atoms with Crippen molar-refractivity contribution in [2.24, 2.45) is 0 Å². The van der Waals surface area contributed by atoms with E-state index < -0.39 is 5.41 Å². The highest BCUT2D eigenvalue weighted by atomic mass is 16.5.